The maximum Gasteiger partial charge on any atom is 0.332 e. The molecule has 1 fully saturated rings. The first-order valence-electron chi connectivity index (χ1n) is 8.18. The van der Waals surface area contributed by atoms with Crippen LogP contribution >= 0.6 is 0 Å². The molecule has 0 bridgehead atoms. The lowest BCUT2D eigenvalue weighted by molar-refractivity contribution is -0.225. The van der Waals surface area contributed by atoms with E-state index in [1.807, 2.05) is 20.8 Å². The molecule has 0 saturated carbocycles. The number of hydrogen-bond acceptors (Lipinski definition) is 5. The summed E-state index contributed by atoms with van der Waals surface area (Å²) in [7, 11) is 3.01. The van der Waals surface area contributed by atoms with E-state index in [0.717, 1.165) is 4.57 Å². The second-order valence-electron chi connectivity index (χ2n) is 7.36. The minimum absolute atomic E-state index is 0.220. The Hall–Kier alpha value is -1.44. The highest BCUT2D eigenvalue weighted by atomic mass is 16.6. The molecule has 0 radical (unpaired) electrons. The quantitative estimate of drug-likeness (QED) is 0.883. The zero-order valence-corrected chi connectivity index (χ0v) is 15.5. The van der Waals surface area contributed by atoms with E-state index in [9.17, 15) is 14.7 Å². The normalized spacial score (nSPS) is 30.8. The van der Waals surface area contributed by atoms with Gasteiger partial charge in [0.05, 0.1) is 11.2 Å². The molecule has 0 amide bonds. The van der Waals surface area contributed by atoms with Gasteiger partial charge in [-0.25, -0.2) is 4.79 Å². The van der Waals surface area contributed by atoms with E-state index in [2.05, 4.69) is 0 Å². The molecule has 1 aliphatic heterocycles. The van der Waals surface area contributed by atoms with Crippen LogP contribution in [0.5, 0.6) is 0 Å². The molecule has 2 heterocycles. The fourth-order valence-electron chi connectivity index (χ4n) is 3.32. The minimum Gasteiger partial charge on any atom is -0.387 e. The topological polar surface area (TPSA) is 82.7 Å². The number of aliphatic hydroxyl groups is 1. The number of hydrogen-bond donors (Lipinski definition) is 1. The third-order valence-electron chi connectivity index (χ3n) is 5.70. The summed E-state index contributed by atoms with van der Waals surface area (Å²) in [6, 6.07) is 0. The Morgan fingerprint density at radius 3 is 2.50 bits per heavy atom. The molecular formula is C17H28N2O5. The highest BCUT2D eigenvalue weighted by Crippen LogP contribution is 2.50. The van der Waals surface area contributed by atoms with Gasteiger partial charge < -0.3 is 14.6 Å². The maximum atomic E-state index is 12.5. The third-order valence-corrected chi connectivity index (χ3v) is 5.70. The van der Waals surface area contributed by atoms with Crippen LogP contribution in [0.25, 0.3) is 0 Å². The lowest BCUT2D eigenvalue weighted by atomic mass is 9.74. The zero-order chi connectivity index (χ0) is 18.5. The van der Waals surface area contributed by atoms with Crippen LogP contribution in [0.4, 0.5) is 0 Å². The van der Waals surface area contributed by atoms with Gasteiger partial charge >= 0.3 is 5.69 Å². The highest BCUT2D eigenvalue weighted by Gasteiger charge is 2.61. The molecule has 1 aromatic rings. The molecule has 7 nitrogen and oxygen atoms in total. The van der Waals surface area contributed by atoms with Crippen LogP contribution in [0.15, 0.2) is 15.8 Å². The summed E-state index contributed by atoms with van der Waals surface area (Å²) in [5.74, 6) is 0. The predicted octanol–water partition coefficient (Wildman–Crippen LogP) is 0.963. The lowest BCUT2D eigenvalue weighted by Crippen LogP contribution is -2.61. The number of ether oxygens (including phenoxy) is 2. The van der Waals surface area contributed by atoms with Crippen LogP contribution in [0.1, 0.15) is 52.8 Å². The summed E-state index contributed by atoms with van der Waals surface area (Å²) in [6.07, 6.45) is 1.59. The van der Waals surface area contributed by atoms with Gasteiger partial charge in [0.2, 0.25) is 0 Å². The Balaban J connectivity index is 2.57. The number of nitrogens with zero attached hydrogens (tertiary/aromatic N) is 2. The fourth-order valence-corrected chi connectivity index (χ4v) is 3.32. The SMILES string of the molecule is CCc1cn([C@@H]2C[C@@](C)(O)[C@](C)(C(C)(C)OC)O2)c(=O)n(C)c1=O. The smallest absolute Gasteiger partial charge is 0.332 e. The monoisotopic (exact) mass is 340 g/mol. The fraction of sp³-hybridized carbons (Fsp3) is 0.765. The summed E-state index contributed by atoms with van der Waals surface area (Å²) in [4.78, 5) is 24.6. The second kappa shape index (κ2) is 5.82. The molecule has 1 saturated heterocycles. The van der Waals surface area contributed by atoms with Gasteiger partial charge in [-0.3, -0.25) is 13.9 Å². The van der Waals surface area contributed by atoms with E-state index in [1.165, 1.54) is 17.8 Å². The molecule has 0 unspecified atom stereocenters. The van der Waals surface area contributed by atoms with E-state index in [4.69, 9.17) is 9.47 Å². The Kier molecular flexibility index (Phi) is 4.58. The van der Waals surface area contributed by atoms with Crippen molar-refractivity contribution in [3.63, 3.8) is 0 Å². The van der Waals surface area contributed by atoms with Crippen molar-refractivity contribution in [3.05, 3.63) is 32.6 Å². The van der Waals surface area contributed by atoms with Crippen LogP contribution in [0.2, 0.25) is 0 Å². The van der Waals surface area contributed by atoms with E-state index in [0.29, 0.717) is 12.0 Å². The van der Waals surface area contributed by atoms with Crippen molar-refractivity contribution in [2.45, 2.75) is 70.5 Å². The first-order valence-corrected chi connectivity index (χ1v) is 8.18. The average Bonchev–Trinajstić information content (AvgIpc) is 2.76. The van der Waals surface area contributed by atoms with Gasteiger partial charge in [0, 0.05) is 32.3 Å². The largest absolute Gasteiger partial charge is 0.387 e. The van der Waals surface area contributed by atoms with Crippen LogP contribution in [0, 0.1) is 0 Å². The van der Waals surface area contributed by atoms with Crippen molar-refractivity contribution in [2.75, 3.05) is 7.11 Å². The average molecular weight is 340 g/mol. The van der Waals surface area contributed by atoms with Gasteiger partial charge in [0.1, 0.15) is 11.8 Å². The Morgan fingerprint density at radius 1 is 1.42 bits per heavy atom. The summed E-state index contributed by atoms with van der Waals surface area (Å²) in [5.41, 5.74) is -3.25. The summed E-state index contributed by atoms with van der Waals surface area (Å²) in [5, 5.41) is 11.0. The van der Waals surface area contributed by atoms with Gasteiger partial charge in [0.25, 0.3) is 5.56 Å². The van der Waals surface area contributed by atoms with Gasteiger partial charge in [0.15, 0.2) is 0 Å². The van der Waals surface area contributed by atoms with E-state index in [-0.39, 0.29) is 12.0 Å². The van der Waals surface area contributed by atoms with E-state index in [1.54, 1.807) is 21.0 Å². The minimum atomic E-state index is -1.21. The Morgan fingerprint density at radius 2 is 2.00 bits per heavy atom. The molecule has 1 aromatic heterocycles. The molecule has 1 N–H and O–H groups in total. The number of methoxy groups -OCH3 is 1. The van der Waals surface area contributed by atoms with Gasteiger partial charge in [-0.15, -0.1) is 0 Å². The van der Waals surface area contributed by atoms with Crippen LogP contribution in [-0.2, 0) is 22.9 Å². The van der Waals surface area contributed by atoms with Crippen molar-refractivity contribution in [3.8, 4) is 0 Å². The number of aryl methyl sites for hydroxylation is 1. The van der Waals surface area contributed by atoms with Gasteiger partial charge in [-0.1, -0.05) is 6.92 Å². The van der Waals surface area contributed by atoms with Crippen molar-refractivity contribution >= 4 is 0 Å². The Bertz CT molecular complexity index is 746. The number of rotatable bonds is 4. The van der Waals surface area contributed by atoms with Crippen LogP contribution in [-0.4, -0.2) is 38.2 Å². The molecule has 0 spiro atoms. The first-order chi connectivity index (χ1) is 10.9. The third kappa shape index (κ3) is 2.55. The molecule has 24 heavy (non-hydrogen) atoms. The van der Waals surface area contributed by atoms with Crippen LogP contribution < -0.4 is 11.2 Å². The predicted molar refractivity (Wildman–Crippen MR) is 90.2 cm³/mol. The summed E-state index contributed by atoms with van der Waals surface area (Å²) < 4.78 is 14.2. The van der Waals surface area contributed by atoms with E-state index < -0.39 is 28.7 Å². The summed E-state index contributed by atoms with van der Waals surface area (Å²) >= 11 is 0. The summed E-state index contributed by atoms with van der Waals surface area (Å²) in [6.45, 7) is 9.00. The van der Waals surface area contributed by atoms with Crippen molar-refractivity contribution in [1.29, 1.82) is 0 Å². The molecule has 1 aliphatic rings. The number of aromatic nitrogens is 2. The van der Waals surface area contributed by atoms with Crippen molar-refractivity contribution < 1.29 is 14.6 Å². The molecule has 0 aromatic carbocycles. The molecule has 7 heteroatoms. The standard InChI is InChI=1S/C17H28N2O5/c1-8-11-10-19(14(21)18(6)13(11)20)12-9-16(4,22)17(5,24-12)15(2,3)23-7/h10,12,22H,8-9H2,1-7H3/t12-,16+,17-/m0/s1. The molecule has 136 valence electrons. The maximum absolute atomic E-state index is 12.5. The van der Waals surface area contributed by atoms with Gasteiger partial charge in [-0.05, 0) is 34.1 Å². The molecule has 2 rings (SSSR count). The van der Waals surface area contributed by atoms with Crippen LogP contribution in [0.3, 0.4) is 0 Å². The van der Waals surface area contributed by atoms with Crippen molar-refractivity contribution in [2.24, 2.45) is 7.05 Å². The molecule has 3 atom stereocenters. The first kappa shape index (κ1) is 18.9. The highest BCUT2D eigenvalue weighted by molar-refractivity contribution is 5.12. The van der Waals surface area contributed by atoms with E-state index >= 15 is 0 Å². The van der Waals surface area contributed by atoms with Crippen molar-refractivity contribution in [1.82, 2.24) is 9.13 Å². The van der Waals surface area contributed by atoms with Gasteiger partial charge in [-0.2, -0.15) is 0 Å². The zero-order valence-electron chi connectivity index (χ0n) is 15.5. The second-order valence-corrected chi connectivity index (χ2v) is 7.36. The molecular weight excluding hydrogens is 312 g/mol. The Labute approximate surface area is 141 Å². The lowest BCUT2D eigenvalue weighted by Gasteiger charge is -2.46. The molecule has 0 aliphatic carbocycles.